The molecule has 1 atom stereocenters. The monoisotopic (exact) mass is 195 g/mol. The van der Waals surface area contributed by atoms with Gasteiger partial charge < -0.3 is 14.9 Å². The van der Waals surface area contributed by atoms with Crippen LogP contribution in [0.5, 0.6) is 0 Å². The zero-order valence-electron chi connectivity index (χ0n) is 8.29. The van der Waals surface area contributed by atoms with Crippen LogP contribution in [0.25, 0.3) is 0 Å². The Hall–Kier alpha value is -1.29. The zero-order chi connectivity index (χ0) is 10.3. The number of aryl methyl sites for hydroxylation is 2. The second-order valence-electron chi connectivity index (χ2n) is 3.66. The third kappa shape index (κ3) is 1.07. The van der Waals surface area contributed by atoms with Crippen molar-refractivity contribution in [2.24, 2.45) is 5.73 Å². The van der Waals surface area contributed by atoms with E-state index < -0.39 is 11.5 Å². The number of hydrogen-bond acceptors (Lipinski definition) is 4. The van der Waals surface area contributed by atoms with E-state index in [-0.39, 0.29) is 0 Å². The van der Waals surface area contributed by atoms with Crippen LogP contribution in [0.2, 0.25) is 0 Å². The first-order chi connectivity index (χ1) is 6.58. The van der Waals surface area contributed by atoms with Crippen LogP contribution in [-0.2, 0) is 21.5 Å². The first-order valence-corrected chi connectivity index (χ1v) is 4.55. The number of ether oxygens (including phenoxy) is 1. The predicted molar refractivity (Wildman–Crippen MR) is 49.6 cm³/mol. The van der Waals surface area contributed by atoms with Crippen LogP contribution in [0.3, 0.4) is 0 Å². The molecule has 1 aliphatic rings. The number of rotatable bonds is 1. The van der Waals surface area contributed by atoms with Gasteiger partial charge in [-0.15, -0.1) is 0 Å². The summed E-state index contributed by atoms with van der Waals surface area (Å²) >= 11 is 0. The lowest BCUT2D eigenvalue weighted by Crippen LogP contribution is -2.43. The van der Waals surface area contributed by atoms with Gasteiger partial charge in [0.25, 0.3) is 0 Å². The Morgan fingerprint density at radius 1 is 1.71 bits per heavy atom. The molecular weight excluding hydrogens is 182 g/mol. The minimum atomic E-state index is -0.998. The average molecular weight is 195 g/mol. The Morgan fingerprint density at radius 2 is 2.43 bits per heavy atom. The molecule has 1 aromatic heterocycles. The zero-order valence-corrected chi connectivity index (χ0v) is 8.29. The highest BCUT2D eigenvalue weighted by atomic mass is 16.5. The van der Waals surface area contributed by atoms with Gasteiger partial charge in [0.1, 0.15) is 17.1 Å². The molecule has 1 unspecified atom stereocenters. The van der Waals surface area contributed by atoms with Crippen molar-refractivity contribution in [2.75, 3.05) is 7.11 Å². The van der Waals surface area contributed by atoms with E-state index in [2.05, 4.69) is 0 Å². The lowest BCUT2D eigenvalue weighted by molar-refractivity contribution is -0.147. The molecule has 4 heteroatoms. The van der Waals surface area contributed by atoms with Crippen molar-refractivity contribution in [3.63, 3.8) is 0 Å². The number of nitrogens with two attached hydrogens (primary N) is 1. The van der Waals surface area contributed by atoms with Gasteiger partial charge >= 0.3 is 5.97 Å². The number of furan rings is 1. The number of carbonyl (C=O) groups is 1. The van der Waals surface area contributed by atoms with E-state index in [4.69, 9.17) is 14.9 Å². The van der Waals surface area contributed by atoms with Gasteiger partial charge in [0.05, 0.1) is 7.11 Å². The lowest BCUT2D eigenvalue weighted by atomic mass is 9.95. The quantitative estimate of drug-likeness (QED) is 0.675. The summed E-state index contributed by atoms with van der Waals surface area (Å²) in [6.07, 6.45) is 1.27. The highest BCUT2D eigenvalue weighted by Crippen LogP contribution is 2.37. The van der Waals surface area contributed by atoms with E-state index >= 15 is 0 Å². The fourth-order valence-corrected chi connectivity index (χ4v) is 1.97. The van der Waals surface area contributed by atoms with Crippen molar-refractivity contribution in [2.45, 2.75) is 25.3 Å². The van der Waals surface area contributed by atoms with Crippen LogP contribution in [0.4, 0.5) is 0 Å². The molecule has 76 valence electrons. The molecule has 4 nitrogen and oxygen atoms in total. The van der Waals surface area contributed by atoms with Crippen LogP contribution < -0.4 is 5.73 Å². The maximum Gasteiger partial charge on any atom is 0.330 e. The van der Waals surface area contributed by atoms with Crippen molar-refractivity contribution >= 4 is 5.97 Å². The summed E-state index contributed by atoms with van der Waals surface area (Å²) in [6, 6.07) is 1.82. The fourth-order valence-electron chi connectivity index (χ4n) is 1.97. The van der Waals surface area contributed by atoms with Crippen LogP contribution in [0.1, 0.15) is 23.5 Å². The normalized spacial score (nSPS) is 24.8. The summed E-state index contributed by atoms with van der Waals surface area (Å²) < 4.78 is 10.1. The molecule has 0 bridgehead atoms. The Kier molecular flexibility index (Phi) is 1.89. The minimum Gasteiger partial charge on any atom is -0.467 e. The van der Waals surface area contributed by atoms with Crippen LogP contribution in [0.15, 0.2) is 10.5 Å². The van der Waals surface area contributed by atoms with Gasteiger partial charge in [0.2, 0.25) is 0 Å². The summed E-state index contributed by atoms with van der Waals surface area (Å²) in [7, 11) is 1.35. The van der Waals surface area contributed by atoms with E-state index in [9.17, 15) is 4.79 Å². The second-order valence-corrected chi connectivity index (χ2v) is 3.66. The molecule has 0 aliphatic heterocycles. The molecule has 1 aromatic rings. The third-order valence-electron chi connectivity index (χ3n) is 2.71. The Balaban J connectivity index is 2.45. The topological polar surface area (TPSA) is 65.5 Å². The molecule has 0 amide bonds. The summed E-state index contributed by atoms with van der Waals surface area (Å²) in [6.45, 7) is 1.84. The largest absolute Gasteiger partial charge is 0.467 e. The first kappa shape index (κ1) is 9.27. The van der Waals surface area contributed by atoms with E-state index in [1.807, 2.05) is 13.0 Å². The molecule has 2 rings (SSSR count). The van der Waals surface area contributed by atoms with Gasteiger partial charge in [-0.25, -0.2) is 4.79 Å². The molecule has 0 radical (unpaired) electrons. The van der Waals surface area contributed by atoms with Crippen LogP contribution in [-0.4, -0.2) is 13.1 Å². The molecular formula is C10H13NO3. The molecule has 1 heterocycles. The van der Waals surface area contributed by atoms with Gasteiger partial charge in [-0.1, -0.05) is 0 Å². The summed E-state index contributed by atoms with van der Waals surface area (Å²) in [4.78, 5) is 11.5. The second kappa shape index (κ2) is 2.85. The number of methoxy groups -OCH3 is 1. The number of carbonyl (C=O) groups excluding carboxylic acids is 1. The number of fused-ring (bicyclic) bond motifs is 1. The molecule has 0 fully saturated rings. The summed E-state index contributed by atoms with van der Waals surface area (Å²) in [5, 5.41) is 0. The Bertz CT molecular complexity index is 383. The first-order valence-electron chi connectivity index (χ1n) is 4.55. The van der Waals surface area contributed by atoms with Gasteiger partial charge in [-0.05, 0) is 19.4 Å². The predicted octanol–water partition coefficient (Wildman–Crippen LogP) is 0.861. The van der Waals surface area contributed by atoms with Gasteiger partial charge in [0.15, 0.2) is 0 Å². The Morgan fingerprint density at radius 3 is 3.07 bits per heavy atom. The minimum absolute atomic E-state index is 0.392. The van der Waals surface area contributed by atoms with Gasteiger partial charge in [0, 0.05) is 12.0 Å². The van der Waals surface area contributed by atoms with E-state index in [1.54, 1.807) is 0 Å². The molecule has 0 spiro atoms. The molecule has 0 saturated carbocycles. The van der Waals surface area contributed by atoms with E-state index in [0.717, 1.165) is 17.1 Å². The van der Waals surface area contributed by atoms with Gasteiger partial charge in [-0.2, -0.15) is 0 Å². The van der Waals surface area contributed by atoms with Crippen molar-refractivity contribution in [1.82, 2.24) is 0 Å². The number of esters is 1. The fraction of sp³-hybridized carbons (Fsp3) is 0.500. The van der Waals surface area contributed by atoms with Gasteiger partial charge in [-0.3, -0.25) is 0 Å². The van der Waals surface area contributed by atoms with Crippen molar-refractivity contribution in [1.29, 1.82) is 0 Å². The molecule has 0 aromatic carbocycles. The lowest BCUT2D eigenvalue weighted by Gasteiger charge is -2.20. The maximum absolute atomic E-state index is 11.5. The summed E-state index contributed by atoms with van der Waals surface area (Å²) in [5.41, 5.74) is 5.78. The SMILES string of the molecule is COC(=O)C1(N)CCc2oc(C)cc21. The van der Waals surface area contributed by atoms with Crippen molar-refractivity contribution < 1.29 is 13.9 Å². The molecule has 14 heavy (non-hydrogen) atoms. The Labute approximate surface area is 82.0 Å². The average Bonchev–Trinajstić information content (AvgIpc) is 2.66. The van der Waals surface area contributed by atoms with Crippen molar-refractivity contribution in [3.8, 4) is 0 Å². The smallest absolute Gasteiger partial charge is 0.330 e. The van der Waals surface area contributed by atoms with Crippen LogP contribution in [0, 0.1) is 6.92 Å². The highest BCUT2D eigenvalue weighted by molar-refractivity contribution is 5.83. The standard InChI is InChI=1S/C10H13NO3/c1-6-5-7-8(14-6)3-4-10(7,11)9(12)13-2/h5H,3-4,11H2,1-2H3. The molecule has 2 N–H and O–H groups in total. The molecule has 0 saturated heterocycles. The van der Waals surface area contributed by atoms with Crippen molar-refractivity contribution in [3.05, 3.63) is 23.2 Å². The highest BCUT2D eigenvalue weighted by Gasteiger charge is 2.45. The molecule has 1 aliphatic carbocycles. The third-order valence-corrected chi connectivity index (χ3v) is 2.71. The van der Waals surface area contributed by atoms with E-state index in [1.165, 1.54) is 7.11 Å². The van der Waals surface area contributed by atoms with Crippen LogP contribution >= 0.6 is 0 Å². The number of hydrogen-bond donors (Lipinski definition) is 1. The maximum atomic E-state index is 11.5. The van der Waals surface area contributed by atoms with E-state index in [0.29, 0.717) is 12.8 Å². The summed E-state index contributed by atoms with van der Waals surface area (Å²) in [5.74, 6) is 1.21.